The number of aliphatic imine (C=N–C) groups is 1. The van der Waals surface area contributed by atoms with Gasteiger partial charge in [0.1, 0.15) is 0 Å². The minimum Gasteiger partial charge on any atom is -0.370 e. The van der Waals surface area contributed by atoms with Crippen LogP contribution in [0.15, 0.2) is 29.3 Å². The monoisotopic (exact) mass is 430 g/mol. The molecule has 23 heavy (non-hydrogen) atoms. The molecule has 0 atom stereocenters. The van der Waals surface area contributed by atoms with E-state index in [0.717, 1.165) is 11.3 Å². The molecule has 1 aromatic carbocycles. The van der Waals surface area contributed by atoms with Crippen LogP contribution < -0.4 is 16.4 Å². The number of nitrogens with one attached hydrogen (secondary N) is 2. The van der Waals surface area contributed by atoms with Crippen molar-refractivity contribution in [1.82, 2.24) is 5.32 Å². The number of carbonyl (C=O) groups excluding carboxylic acids is 1. The number of benzene rings is 1. The first-order valence-corrected chi connectivity index (χ1v) is 8.04. The van der Waals surface area contributed by atoms with Crippen molar-refractivity contribution in [2.45, 2.75) is 39.0 Å². The zero-order valence-electron chi connectivity index (χ0n) is 13.7. The van der Waals surface area contributed by atoms with Gasteiger partial charge in [-0.1, -0.05) is 25.0 Å². The van der Waals surface area contributed by atoms with E-state index in [4.69, 9.17) is 5.73 Å². The molecule has 2 rings (SSSR count). The van der Waals surface area contributed by atoms with Crippen LogP contribution in [0.4, 0.5) is 5.69 Å². The molecular formula is C17H27IN4O. The molecule has 0 radical (unpaired) electrons. The van der Waals surface area contributed by atoms with Crippen LogP contribution in [0, 0.1) is 12.8 Å². The summed E-state index contributed by atoms with van der Waals surface area (Å²) >= 11 is 0. The lowest BCUT2D eigenvalue weighted by molar-refractivity contribution is -0.121. The second-order valence-electron chi connectivity index (χ2n) is 5.97. The van der Waals surface area contributed by atoms with Crippen LogP contribution in [0.2, 0.25) is 0 Å². The third kappa shape index (κ3) is 7.67. The van der Waals surface area contributed by atoms with Gasteiger partial charge in [0.15, 0.2) is 5.96 Å². The molecule has 1 fully saturated rings. The molecular weight excluding hydrogens is 403 g/mol. The summed E-state index contributed by atoms with van der Waals surface area (Å²) in [6.45, 7) is 3.04. The third-order valence-electron chi connectivity index (χ3n) is 3.96. The predicted octanol–water partition coefficient (Wildman–Crippen LogP) is 3.04. The summed E-state index contributed by atoms with van der Waals surface area (Å²) in [5, 5.41) is 5.95. The Morgan fingerprint density at radius 1 is 1.35 bits per heavy atom. The normalized spacial score (nSPS) is 15.1. The van der Waals surface area contributed by atoms with Gasteiger partial charge in [0.2, 0.25) is 5.91 Å². The number of nitrogens with zero attached hydrogens (tertiary/aromatic N) is 1. The highest BCUT2D eigenvalue weighted by molar-refractivity contribution is 14.0. The van der Waals surface area contributed by atoms with Gasteiger partial charge >= 0.3 is 0 Å². The second kappa shape index (κ2) is 10.5. The van der Waals surface area contributed by atoms with E-state index in [-0.39, 0.29) is 29.9 Å². The van der Waals surface area contributed by atoms with Gasteiger partial charge in [0, 0.05) is 18.7 Å². The SMILES string of the molecule is Cc1cccc(NC(N)=NCCNC(=O)CC2CCCC2)c1.I. The number of nitrogens with two attached hydrogens (primary N) is 1. The molecule has 0 heterocycles. The third-order valence-corrected chi connectivity index (χ3v) is 3.96. The Hall–Kier alpha value is -1.31. The summed E-state index contributed by atoms with van der Waals surface area (Å²) in [6.07, 6.45) is 5.57. The molecule has 0 aliphatic heterocycles. The lowest BCUT2D eigenvalue weighted by Crippen LogP contribution is -2.29. The average Bonchev–Trinajstić information content (AvgIpc) is 2.96. The summed E-state index contributed by atoms with van der Waals surface area (Å²) in [5.41, 5.74) is 7.92. The lowest BCUT2D eigenvalue weighted by atomic mass is 10.0. The van der Waals surface area contributed by atoms with Gasteiger partial charge in [0.05, 0.1) is 6.54 Å². The number of hydrogen-bond acceptors (Lipinski definition) is 2. The number of hydrogen-bond donors (Lipinski definition) is 3. The van der Waals surface area contributed by atoms with E-state index in [0.29, 0.717) is 31.4 Å². The first kappa shape index (κ1) is 19.7. The van der Waals surface area contributed by atoms with Gasteiger partial charge in [-0.3, -0.25) is 9.79 Å². The van der Waals surface area contributed by atoms with Crippen LogP contribution in [0.5, 0.6) is 0 Å². The number of rotatable bonds is 6. The highest BCUT2D eigenvalue weighted by Gasteiger charge is 2.17. The number of amides is 1. The smallest absolute Gasteiger partial charge is 0.220 e. The minimum absolute atomic E-state index is 0. The Bertz CT molecular complexity index is 527. The quantitative estimate of drug-likeness (QED) is 0.281. The zero-order valence-corrected chi connectivity index (χ0v) is 16.0. The Labute approximate surface area is 155 Å². The van der Waals surface area contributed by atoms with Gasteiger partial charge in [-0.2, -0.15) is 0 Å². The molecule has 128 valence electrons. The lowest BCUT2D eigenvalue weighted by Gasteiger charge is -2.09. The maximum atomic E-state index is 11.8. The van der Waals surface area contributed by atoms with Crippen molar-refractivity contribution in [3.63, 3.8) is 0 Å². The van der Waals surface area contributed by atoms with Crippen LogP contribution in [0.1, 0.15) is 37.7 Å². The number of halogens is 1. The van der Waals surface area contributed by atoms with E-state index < -0.39 is 0 Å². The molecule has 6 heteroatoms. The molecule has 0 bridgehead atoms. The Balaban J connectivity index is 0.00000264. The van der Waals surface area contributed by atoms with Crippen LogP contribution in [0.25, 0.3) is 0 Å². The van der Waals surface area contributed by atoms with Crippen LogP contribution >= 0.6 is 24.0 Å². The molecule has 0 unspecified atom stereocenters. The number of guanidine groups is 1. The van der Waals surface area contributed by atoms with Gasteiger partial charge in [-0.15, -0.1) is 24.0 Å². The fourth-order valence-electron chi connectivity index (χ4n) is 2.83. The Morgan fingerprint density at radius 3 is 2.78 bits per heavy atom. The molecule has 4 N–H and O–H groups in total. The zero-order chi connectivity index (χ0) is 15.8. The van der Waals surface area contributed by atoms with Crippen molar-refractivity contribution < 1.29 is 4.79 Å². The highest BCUT2D eigenvalue weighted by Crippen LogP contribution is 2.27. The molecule has 1 aromatic rings. The van der Waals surface area contributed by atoms with Crippen molar-refractivity contribution in [2.24, 2.45) is 16.6 Å². The van der Waals surface area contributed by atoms with Crippen molar-refractivity contribution in [2.75, 3.05) is 18.4 Å². The van der Waals surface area contributed by atoms with Crippen LogP contribution in [-0.2, 0) is 4.79 Å². The average molecular weight is 430 g/mol. The van der Waals surface area contributed by atoms with Gasteiger partial charge < -0.3 is 16.4 Å². The van der Waals surface area contributed by atoms with E-state index >= 15 is 0 Å². The molecule has 1 saturated carbocycles. The minimum atomic E-state index is 0. The summed E-state index contributed by atoms with van der Waals surface area (Å²) in [7, 11) is 0. The highest BCUT2D eigenvalue weighted by atomic mass is 127. The van der Waals surface area contributed by atoms with E-state index in [9.17, 15) is 4.79 Å². The molecule has 0 spiro atoms. The molecule has 0 saturated heterocycles. The van der Waals surface area contributed by atoms with Gasteiger partial charge in [-0.25, -0.2) is 0 Å². The van der Waals surface area contributed by atoms with Crippen molar-refractivity contribution >= 4 is 41.5 Å². The largest absolute Gasteiger partial charge is 0.370 e. The van der Waals surface area contributed by atoms with E-state index in [1.54, 1.807) is 0 Å². The fourth-order valence-corrected chi connectivity index (χ4v) is 2.83. The van der Waals surface area contributed by atoms with Crippen LogP contribution in [-0.4, -0.2) is 25.0 Å². The standard InChI is InChI=1S/C17H26N4O.HI/c1-13-5-4-8-15(11-13)21-17(18)20-10-9-19-16(22)12-14-6-2-3-7-14;/h4-5,8,11,14H,2-3,6-7,9-10,12H2,1H3,(H,19,22)(H3,18,20,21);1H. The molecule has 5 nitrogen and oxygen atoms in total. The summed E-state index contributed by atoms with van der Waals surface area (Å²) in [4.78, 5) is 16.0. The maximum absolute atomic E-state index is 11.8. The summed E-state index contributed by atoms with van der Waals surface area (Å²) in [6, 6.07) is 7.94. The first-order valence-electron chi connectivity index (χ1n) is 8.04. The topological polar surface area (TPSA) is 79.5 Å². The van der Waals surface area contributed by atoms with E-state index in [1.807, 2.05) is 31.2 Å². The molecule has 0 aromatic heterocycles. The van der Waals surface area contributed by atoms with Crippen molar-refractivity contribution in [1.29, 1.82) is 0 Å². The fraction of sp³-hybridized carbons (Fsp3) is 0.529. The Morgan fingerprint density at radius 2 is 2.09 bits per heavy atom. The van der Waals surface area contributed by atoms with Crippen molar-refractivity contribution in [3.8, 4) is 0 Å². The van der Waals surface area contributed by atoms with E-state index in [1.165, 1.54) is 25.7 Å². The first-order chi connectivity index (χ1) is 10.6. The number of aryl methyl sites for hydroxylation is 1. The van der Waals surface area contributed by atoms with Crippen molar-refractivity contribution in [3.05, 3.63) is 29.8 Å². The van der Waals surface area contributed by atoms with Gasteiger partial charge in [0.25, 0.3) is 0 Å². The summed E-state index contributed by atoms with van der Waals surface area (Å²) in [5.74, 6) is 1.08. The maximum Gasteiger partial charge on any atom is 0.220 e. The van der Waals surface area contributed by atoms with E-state index in [2.05, 4.69) is 15.6 Å². The van der Waals surface area contributed by atoms with Crippen LogP contribution in [0.3, 0.4) is 0 Å². The number of anilines is 1. The molecule has 1 amide bonds. The summed E-state index contributed by atoms with van der Waals surface area (Å²) < 4.78 is 0. The Kier molecular flexibility index (Phi) is 8.98. The van der Waals surface area contributed by atoms with Gasteiger partial charge in [-0.05, 0) is 43.4 Å². The molecule has 1 aliphatic rings. The predicted molar refractivity (Wildman–Crippen MR) is 106 cm³/mol. The molecule has 1 aliphatic carbocycles. The number of carbonyl (C=O) groups is 1. The second-order valence-corrected chi connectivity index (χ2v) is 5.97.